The lowest BCUT2D eigenvalue weighted by Gasteiger charge is -2.15. The molecular formula is C17H17ClN2O. The molecule has 0 aromatic heterocycles. The van der Waals surface area contributed by atoms with Gasteiger partial charge in [0.05, 0.1) is 0 Å². The molecule has 0 fully saturated rings. The van der Waals surface area contributed by atoms with Crippen LogP contribution in [0.3, 0.4) is 0 Å². The summed E-state index contributed by atoms with van der Waals surface area (Å²) < 4.78 is 0. The number of rotatable bonds is 3. The minimum absolute atomic E-state index is 0.107. The van der Waals surface area contributed by atoms with E-state index in [4.69, 9.17) is 11.6 Å². The standard InChI is InChI=1S/C17H17ClN2O/c1-12(21)20-9-8-14-10-16(6-7-17(14)20)19-11-13-2-4-15(18)5-3-13/h2-7,10,19H,8-9,11H2,1H3. The number of halogens is 1. The largest absolute Gasteiger partial charge is 0.381 e. The molecule has 0 saturated carbocycles. The molecule has 1 N–H and O–H groups in total. The Morgan fingerprint density at radius 1 is 1.24 bits per heavy atom. The lowest BCUT2D eigenvalue weighted by atomic mass is 10.1. The van der Waals surface area contributed by atoms with E-state index >= 15 is 0 Å². The van der Waals surface area contributed by atoms with Crippen LogP contribution in [0.2, 0.25) is 5.02 Å². The van der Waals surface area contributed by atoms with Gasteiger partial charge in [-0.15, -0.1) is 0 Å². The molecule has 3 rings (SSSR count). The van der Waals surface area contributed by atoms with Crippen LogP contribution >= 0.6 is 11.6 Å². The predicted molar refractivity (Wildman–Crippen MR) is 87.0 cm³/mol. The molecule has 2 aromatic rings. The normalized spacial score (nSPS) is 13.1. The summed E-state index contributed by atoms with van der Waals surface area (Å²) in [5, 5.41) is 4.16. The van der Waals surface area contributed by atoms with Crippen LogP contribution in [0.4, 0.5) is 11.4 Å². The molecule has 1 heterocycles. The molecule has 0 bridgehead atoms. The van der Waals surface area contributed by atoms with Gasteiger partial charge in [0.2, 0.25) is 5.91 Å². The van der Waals surface area contributed by atoms with Crippen LogP contribution in [0.5, 0.6) is 0 Å². The first-order valence-electron chi connectivity index (χ1n) is 7.03. The van der Waals surface area contributed by atoms with E-state index in [1.165, 1.54) is 11.1 Å². The van der Waals surface area contributed by atoms with Gasteiger partial charge in [-0.2, -0.15) is 0 Å². The molecular weight excluding hydrogens is 284 g/mol. The molecule has 0 radical (unpaired) electrons. The summed E-state index contributed by atoms with van der Waals surface area (Å²) >= 11 is 5.88. The number of hydrogen-bond donors (Lipinski definition) is 1. The second-order valence-electron chi connectivity index (χ2n) is 5.24. The first kappa shape index (κ1) is 14.0. The fourth-order valence-electron chi connectivity index (χ4n) is 2.65. The number of hydrogen-bond acceptors (Lipinski definition) is 2. The van der Waals surface area contributed by atoms with Crippen molar-refractivity contribution in [2.45, 2.75) is 19.9 Å². The summed E-state index contributed by atoms with van der Waals surface area (Å²) in [6, 6.07) is 14.0. The molecule has 1 aliphatic heterocycles. The Hall–Kier alpha value is -2.00. The zero-order valence-corrected chi connectivity index (χ0v) is 12.7. The highest BCUT2D eigenvalue weighted by atomic mass is 35.5. The van der Waals surface area contributed by atoms with E-state index in [-0.39, 0.29) is 5.91 Å². The summed E-state index contributed by atoms with van der Waals surface area (Å²) in [6.07, 6.45) is 0.922. The molecule has 4 heteroatoms. The molecule has 0 saturated heterocycles. The van der Waals surface area contributed by atoms with Crippen molar-refractivity contribution in [2.24, 2.45) is 0 Å². The van der Waals surface area contributed by atoms with Crippen LogP contribution in [0.25, 0.3) is 0 Å². The Labute approximate surface area is 129 Å². The van der Waals surface area contributed by atoms with E-state index in [2.05, 4.69) is 11.4 Å². The summed E-state index contributed by atoms with van der Waals surface area (Å²) in [4.78, 5) is 13.4. The number of amides is 1. The van der Waals surface area contributed by atoms with Gasteiger partial charge in [-0.1, -0.05) is 23.7 Å². The summed E-state index contributed by atoms with van der Waals surface area (Å²) in [5.74, 6) is 0.107. The highest BCUT2D eigenvalue weighted by Crippen LogP contribution is 2.30. The smallest absolute Gasteiger partial charge is 0.223 e. The van der Waals surface area contributed by atoms with Crippen LogP contribution in [0.15, 0.2) is 42.5 Å². The Bertz CT molecular complexity index is 667. The van der Waals surface area contributed by atoms with Gasteiger partial charge in [-0.3, -0.25) is 4.79 Å². The van der Waals surface area contributed by atoms with Gasteiger partial charge >= 0.3 is 0 Å². The number of carbonyl (C=O) groups excluding carboxylic acids is 1. The van der Waals surface area contributed by atoms with Gasteiger partial charge in [0.25, 0.3) is 0 Å². The van der Waals surface area contributed by atoms with Gasteiger partial charge < -0.3 is 10.2 Å². The van der Waals surface area contributed by atoms with E-state index < -0.39 is 0 Å². The maximum atomic E-state index is 11.5. The molecule has 2 aromatic carbocycles. The number of nitrogens with one attached hydrogen (secondary N) is 1. The second kappa shape index (κ2) is 5.78. The average Bonchev–Trinajstić information content (AvgIpc) is 2.90. The SMILES string of the molecule is CC(=O)N1CCc2cc(NCc3ccc(Cl)cc3)ccc21. The summed E-state index contributed by atoms with van der Waals surface area (Å²) in [5.41, 5.74) is 4.53. The molecule has 0 aliphatic carbocycles. The lowest BCUT2D eigenvalue weighted by Crippen LogP contribution is -2.25. The molecule has 1 amide bonds. The highest BCUT2D eigenvalue weighted by Gasteiger charge is 2.21. The van der Waals surface area contributed by atoms with Crippen LogP contribution in [0.1, 0.15) is 18.1 Å². The maximum absolute atomic E-state index is 11.5. The molecule has 1 aliphatic rings. The van der Waals surface area contributed by atoms with Crippen molar-refractivity contribution in [2.75, 3.05) is 16.8 Å². The molecule has 0 spiro atoms. The molecule has 108 valence electrons. The molecule has 21 heavy (non-hydrogen) atoms. The maximum Gasteiger partial charge on any atom is 0.223 e. The van der Waals surface area contributed by atoms with Crippen LogP contribution < -0.4 is 10.2 Å². The number of anilines is 2. The van der Waals surface area contributed by atoms with Crippen molar-refractivity contribution in [3.63, 3.8) is 0 Å². The summed E-state index contributed by atoms with van der Waals surface area (Å²) in [6.45, 7) is 3.15. The number of nitrogens with zero attached hydrogens (tertiary/aromatic N) is 1. The average molecular weight is 301 g/mol. The van der Waals surface area contributed by atoms with Gasteiger partial charge in [-0.05, 0) is 47.9 Å². The summed E-state index contributed by atoms with van der Waals surface area (Å²) in [7, 11) is 0. The van der Waals surface area contributed by atoms with Crippen molar-refractivity contribution in [3.05, 3.63) is 58.6 Å². The van der Waals surface area contributed by atoms with E-state index in [0.29, 0.717) is 0 Å². The van der Waals surface area contributed by atoms with Crippen LogP contribution in [-0.4, -0.2) is 12.5 Å². The Morgan fingerprint density at radius 3 is 2.71 bits per heavy atom. The van der Waals surface area contributed by atoms with Crippen molar-refractivity contribution in [3.8, 4) is 0 Å². The third kappa shape index (κ3) is 3.03. The van der Waals surface area contributed by atoms with Crippen molar-refractivity contribution in [1.82, 2.24) is 0 Å². The Balaban J connectivity index is 1.70. The highest BCUT2D eigenvalue weighted by molar-refractivity contribution is 6.30. The van der Waals surface area contributed by atoms with Gasteiger partial charge in [-0.25, -0.2) is 0 Å². The van der Waals surface area contributed by atoms with Gasteiger partial charge in [0.15, 0.2) is 0 Å². The van der Waals surface area contributed by atoms with Crippen LogP contribution in [0, 0.1) is 0 Å². The molecule has 3 nitrogen and oxygen atoms in total. The van der Waals surface area contributed by atoms with Gasteiger partial charge in [0.1, 0.15) is 0 Å². The van der Waals surface area contributed by atoms with E-state index in [1.54, 1.807) is 6.92 Å². The zero-order valence-electron chi connectivity index (χ0n) is 11.9. The fourth-order valence-corrected chi connectivity index (χ4v) is 2.77. The third-order valence-electron chi connectivity index (χ3n) is 3.77. The van der Waals surface area contributed by atoms with E-state index in [1.807, 2.05) is 41.3 Å². The third-order valence-corrected chi connectivity index (χ3v) is 4.02. The Morgan fingerprint density at radius 2 is 2.00 bits per heavy atom. The lowest BCUT2D eigenvalue weighted by molar-refractivity contribution is -0.116. The fraction of sp³-hybridized carbons (Fsp3) is 0.235. The van der Waals surface area contributed by atoms with Crippen molar-refractivity contribution >= 4 is 28.9 Å². The van der Waals surface area contributed by atoms with Crippen LogP contribution in [-0.2, 0) is 17.8 Å². The van der Waals surface area contributed by atoms with E-state index in [9.17, 15) is 4.79 Å². The first-order chi connectivity index (χ1) is 10.1. The number of benzene rings is 2. The van der Waals surface area contributed by atoms with Gasteiger partial charge in [0, 0.05) is 36.4 Å². The number of carbonyl (C=O) groups is 1. The predicted octanol–water partition coefficient (Wildman–Crippen LogP) is 3.86. The van der Waals surface area contributed by atoms with E-state index in [0.717, 1.165) is 35.9 Å². The topological polar surface area (TPSA) is 32.3 Å². The number of fused-ring (bicyclic) bond motifs is 1. The molecule has 0 unspecified atom stereocenters. The first-order valence-corrected chi connectivity index (χ1v) is 7.40. The minimum atomic E-state index is 0.107. The molecule has 0 atom stereocenters. The Kier molecular flexibility index (Phi) is 3.84. The quantitative estimate of drug-likeness (QED) is 0.933. The monoisotopic (exact) mass is 300 g/mol. The van der Waals surface area contributed by atoms with Crippen molar-refractivity contribution < 1.29 is 4.79 Å². The van der Waals surface area contributed by atoms with Crippen molar-refractivity contribution in [1.29, 1.82) is 0 Å². The minimum Gasteiger partial charge on any atom is -0.381 e. The second-order valence-corrected chi connectivity index (χ2v) is 5.68. The zero-order chi connectivity index (χ0) is 14.8.